The quantitative estimate of drug-likeness (QED) is 0.831. The summed E-state index contributed by atoms with van der Waals surface area (Å²) in [6.07, 6.45) is 1.10. The maximum absolute atomic E-state index is 13.0. The van der Waals surface area contributed by atoms with Crippen molar-refractivity contribution in [2.75, 3.05) is 25.0 Å². The Balaban J connectivity index is 2.01. The molecule has 5 nitrogen and oxygen atoms in total. The third-order valence-electron chi connectivity index (χ3n) is 3.97. The summed E-state index contributed by atoms with van der Waals surface area (Å²) in [4.78, 5) is 28.0. The second kappa shape index (κ2) is 7.20. The fourth-order valence-corrected chi connectivity index (χ4v) is 2.74. The van der Waals surface area contributed by atoms with Gasteiger partial charge in [0, 0.05) is 25.8 Å². The van der Waals surface area contributed by atoms with Crippen LogP contribution in [0.2, 0.25) is 0 Å². The average molecular weight is 336 g/mol. The summed E-state index contributed by atoms with van der Waals surface area (Å²) < 4.78 is 18.4. The molecule has 1 aromatic carbocycles. The number of ether oxygens (including phenoxy) is 1. The zero-order valence-corrected chi connectivity index (χ0v) is 14.7. The van der Waals surface area contributed by atoms with Crippen LogP contribution in [0.1, 0.15) is 33.6 Å². The molecule has 2 amide bonds. The molecular formula is C18H25FN2O3. The molecule has 1 aliphatic heterocycles. The summed E-state index contributed by atoms with van der Waals surface area (Å²) in [5.74, 6) is -0.690. The van der Waals surface area contributed by atoms with E-state index in [1.807, 2.05) is 20.8 Å². The monoisotopic (exact) mass is 336 g/mol. The number of nitrogens with zero attached hydrogens (tertiary/aromatic N) is 2. The Hall–Kier alpha value is -2.11. The van der Waals surface area contributed by atoms with Gasteiger partial charge in [-0.15, -0.1) is 0 Å². The number of piperidine rings is 1. The first kappa shape index (κ1) is 18.2. The second-order valence-corrected chi connectivity index (χ2v) is 7.14. The lowest BCUT2D eigenvalue weighted by Crippen LogP contribution is -2.47. The smallest absolute Gasteiger partial charge is 0.410 e. The van der Waals surface area contributed by atoms with E-state index >= 15 is 0 Å². The first-order valence-electron chi connectivity index (χ1n) is 8.18. The molecule has 132 valence electrons. The van der Waals surface area contributed by atoms with Crippen LogP contribution < -0.4 is 4.90 Å². The summed E-state index contributed by atoms with van der Waals surface area (Å²) in [7, 11) is 1.67. The van der Waals surface area contributed by atoms with Crippen molar-refractivity contribution in [1.82, 2.24) is 4.90 Å². The topological polar surface area (TPSA) is 49.9 Å². The minimum absolute atomic E-state index is 0.0742. The van der Waals surface area contributed by atoms with Gasteiger partial charge in [0.2, 0.25) is 5.91 Å². The minimum atomic E-state index is -0.557. The van der Waals surface area contributed by atoms with E-state index in [2.05, 4.69) is 0 Å². The second-order valence-electron chi connectivity index (χ2n) is 7.14. The van der Waals surface area contributed by atoms with Crippen molar-refractivity contribution < 1.29 is 18.7 Å². The van der Waals surface area contributed by atoms with Gasteiger partial charge in [-0.05, 0) is 57.9 Å². The molecule has 0 N–H and O–H groups in total. The Bertz CT molecular complexity index is 595. The number of likely N-dealkylation sites (tertiary alicyclic amines) is 1. The van der Waals surface area contributed by atoms with Crippen molar-refractivity contribution in [3.63, 3.8) is 0 Å². The van der Waals surface area contributed by atoms with Crippen LogP contribution in [0.3, 0.4) is 0 Å². The van der Waals surface area contributed by atoms with Crippen molar-refractivity contribution in [2.24, 2.45) is 5.92 Å². The Morgan fingerprint density at radius 2 is 1.88 bits per heavy atom. The molecule has 1 atom stereocenters. The van der Waals surface area contributed by atoms with E-state index in [1.54, 1.807) is 24.1 Å². The number of hydrogen-bond donors (Lipinski definition) is 0. The van der Waals surface area contributed by atoms with E-state index in [0.717, 1.165) is 12.8 Å². The molecular weight excluding hydrogens is 311 g/mol. The van der Waals surface area contributed by atoms with E-state index in [-0.39, 0.29) is 23.7 Å². The highest BCUT2D eigenvalue weighted by Crippen LogP contribution is 2.23. The predicted octanol–water partition coefficient (Wildman–Crippen LogP) is 3.44. The van der Waals surface area contributed by atoms with Crippen LogP contribution in [-0.4, -0.2) is 42.6 Å². The van der Waals surface area contributed by atoms with Gasteiger partial charge in [0.05, 0.1) is 5.92 Å². The molecule has 6 heteroatoms. The summed E-state index contributed by atoms with van der Waals surface area (Å²) in [5, 5.41) is 0. The van der Waals surface area contributed by atoms with Crippen LogP contribution >= 0.6 is 0 Å². The summed E-state index contributed by atoms with van der Waals surface area (Å²) in [6, 6.07) is 5.79. The molecule has 0 aromatic heterocycles. The fourth-order valence-electron chi connectivity index (χ4n) is 2.74. The highest BCUT2D eigenvalue weighted by Gasteiger charge is 2.32. The Morgan fingerprint density at radius 1 is 1.25 bits per heavy atom. The Labute approximate surface area is 142 Å². The SMILES string of the molecule is CN(C(=O)C1CCCN(C(=O)OC(C)(C)C)C1)c1ccc(F)cc1. The number of carbonyl (C=O) groups excluding carboxylic acids is 2. The lowest BCUT2D eigenvalue weighted by atomic mass is 9.96. The van der Waals surface area contributed by atoms with Crippen LogP contribution in [0.5, 0.6) is 0 Å². The number of benzene rings is 1. The highest BCUT2D eigenvalue weighted by molar-refractivity contribution is 5.95. The normalized spacial score (nSPS) is 18.2. The minimum Gasteiger partial charge on any atom is -0.444 e. The van der Waals surface area contributed by atoms with Crippen molar-refractivity contribution in [2.45, 2.75) is 39.2 Å². The van der Waals surface area contributed by atoms with E-state index in [1.165, 1.54) is 17.0 Å². The predicted molar refractivity (Wildman–Crippen MR) is 90.3 cm³/mol. The molecule has 0 aliphatic carbocycles. The number of hydrogen-bond acceptors (Lipinski definition) is 3. The van der Waals surface area contributed by atoms with Crippen LogP contribution in [0, 0.1) is 11.7 Å². The molecule has 1 fully saturated rings. The van der Waals surface area contributed by atoms with E-state index in [4.69, 9.17) is 4.74 Å². The van der Waals surface area contributed by atoms with Gasteiger partial charge in [0.25, 0.3) is 0 Å². The van der Waals surface area contributed by atoms with Gasteiger partial charge >= 0.3 is 6.09 Å². The van der Waals surface area contributed by atoms with Gasteiger partial charge in [0.1, 0.15) is 11.4 Å². The zero-order chi connectivity index (χ0) is 17.9. The van der Waals surface area contributed by atoms with Gasteiger partial charge in [-0.3, -0.25) is 4.79 Å². The van der Waals surface area contributed by atoms with Crippen LogP contribution in [0.15, 0.2) is 24.3 Å². The van der Waals surface area contributed by atoms with Crippen LogP contribution in [-0.2, 0) is 9.53 Å². The molecule has 1 saturated heterocycles. The number of amides is 2. The maximum Gasteiger partial charge on any atom is 0.410 e. The van der Waals surface area contributed by atoms with Gasteiger partial charge < -0.3 is 14.5 Å². The van der Waals surface area contributed by atoms with Gasteiger partial charge in [0.15, 0.2) is 0 Å². The van der Waals surface area contributed by atoms with Crippen molar-refractivity contribution in [1.29, 1.82) is 0 Å². The maximum atomic E-state index is 13.0. The number of halogens is 1. The van der Waals surface area contributed by atoms with Crippen molar-refractivity contribution in [3.05, 3.63) is 30.1 Å². The largest absolute Gasteiger partial charge is 0.444 e. The molecule has 1 heterocycles. The molecule has 1 aliphatic rings. The standard InChI is InChI=1S/C18H25FN2O3/c1-18(2,3)24-17(23)21-11-5-6-13(12-21)16(22)20(4)15-9-7-14(19)8-10-15/h7-10,13H,5-6,11-12H2,1-4H3. The molecule has 0 spiro atoms. The van der Waals surface area contributed by atoms with Crippen molar-refractivity contribution in [3.8, 4) is 0 Å². The van der Waals surface area contributed by atoms with Crippen LogP contribution in [0.4, 0.5) is 14.9 Å². The lowest BCUT2D eigenvalue weighted by molar-refractivity contribution is -0.123. The third kappa shape index (κ3) is 4.69. The van der Waals surface area contributed by atoms with E-state index < -0.39 is 5.60 Å². The average Bonchev–Trinajstić information content (AvgIpc) is 2.53. The molecule has 1 aromatic rings. The van der Waals surface area contributed by atoms with Gasteiger partial charge in [-0.25, -0.2) is 9.18 Å². The molecule has 24 heavy (non-hydrogen) atoms. The molecule has 1 unspecified atom stereocenters. The molecule has 0 saturated carbocycles. The van der Waals surface area contributed by atoms with Gasteiger partial charge in [-0.1, -0.05) is 0 Å². The Morgan fingerprint density at radius 3 is 2.46 bits per heavy atom. The summed E-state index contributed by atoms with van der Waals surface area (Å²) in [6.45, 7) is 6.40. The third-order valence-corrected chi connectivity index (χ3v) is 3.97. The van der Waals surface area contributed by atoms with Gasteiger partial charge in [-0.2, -0.15) is 0 Å². The van der Waals surface area contributed by atoms with E-state index in [9.17, 15) is 14.0 Å². The number of rotatable bonds is 2. The zero-order valence-electron chi connectivity index (χ0n) is 14.7. The highest BCUT2D eigenvalue weighted by atomic mass is 19.1. The van der Waals surface area contributed by atoms with Crippen molar-refractivity contribution >= 4 is 17.7 Å². The summed E-state index contributed by atoms with van der Waals surface area (Å²) >= 11 is 0. The lowest BCUT2D eigenvalue weighted by Gasteiger charge is -2.35. The first-order chi connectivity index (χ1) is 11.2. The first-order valence-corrected chi connectivity index (χ1v) is 8.18. The van der Waals surface area contributed by atoms with E-state index in [0.29, 0.717) is 18.8 Å². The fraction of sp³-hybridized carbons (Fsp3) is 0.556. The number of anilines is 1. The molecule has 2 rings (SSSR count). The Kier molecular flexibility index (Phi) is 5.47. The number of carbonyl (C=O) groups is 2. The molecule has 0 radical (unpaired) electrons. The summed E-state index contributed by atoms with van der Waals surface area (Å²) in [5.41, 5.74) is 0.0784. The molecule has 0 bridgehead atoms. The van der Waals surface area contributed by atoms with Crippen LogP contribution in [0.25, 0.3) is 0 Å².